The Kier molecular flexibility index (Phi) is 5.75. The fraction of sp³-hybridized carbons (Fsp3) is 0.600. The lowest BCUT2D eigenvalue weighted by Crippen LogP contribution is -2.39. The third-order valence-corrected chi connectivity index (χ3v) is 7.70. The highest BCUT2D eigenvalue weighted by molar-refractivity contribution is 5.94. The van der Waals surface area contributed by atoms with E-state index in [1.165, 1.54) is 12.8 Å². The van der Waals surface area contributed by atoms with Crippen LogP contribution in [0.3, 0.4) is 0 Å². The smallest absolute Gasteiger partial charge is 0.337 e. The van der Waals surface area contributed by atoms with Crippen LogP contribution in [0.25, 0.3) is 0 Å². The number of rotatable bonds is 4. The number of piperidine rings is 1. The van der Waals surface area contributed by atoms with Crippen molar-refractivity contribution in [3.8, 4) is 0 Å². The SMILES string of the molecule is Cc1ccc(C2CCN(C(=O)c3n[nH]c4c3CN(CC3CC3)CC4)CC2)c(C(F)(F)F)c1C. The van der Waals surface area contributed by atoms with Gasteiger partial charge in [0, 0.05) is 50.4 Å². The normalized spacial score (nSPS) is 20.2. The molecule has 0 radical (unpaired) electrons. The summed E-state index contributed by atoms with van der Waals surface area (Å²) in [5.41, 5.74) is 3.36. The maximum absolute atomic E-state index is 13.8. The van der Waals surface area contributed by atoms with Gasteiger partial charge < -0.3 is 4.90 Å². The van der Waals surface area contributed by atoms with Crippen molar-refractivity contribution < 1.29 is 18.0 Å². The van der Waals surface area contributed by atoms with E-state index in [4.69, 9.17) is 0 Å². The summed E-state index contributed by atoms with van der Waals surface area (Å²) in [6.07, 6.45) is 0.143. The fourth-order valence-corrected chi connectivity index (χ4v) is 5.45. The number of amides is 1. The molecule has 1 amide bonds. The highest BCUT2D eigenvalue weighted by atomic mass is 19.4. The van der Waals surface area contributed by atoms with E-state index in [2.05, 4.69) is 15.1 Å². The first-order valence-electron chi connectivity index (χ1n) is 12.0. The third kappa shape index (κ3) is 4.42. The summed E-state index contributed by atoms with van der Waals surface area (Å²) in [6, 6.07) is 3.41. The number of hydrogen-bond donors (Lipinski definition) is 1. The van der Waals surface area contributed by atoms with Gasteiger partial charge in [0.25, 0.3) is 5.91 Å². The number of carbonyl (C=O) groups excluding carboxylic acids is 1. The molecule has 5 nitrogen and oxygen atoms in total. The van der Waals surface area contributed by atoms with Crippen molar-refractivity contribution in [3.63, 3.8) is 0 Å². The van der Waals surface area contributed by atoms with E-state index in [1.54, 1.807) is 30.9 Å². The molecule has 0 unspecified atom stereocenters. The number of benzene rings is 1. The van der Waals surface area contributed by atoms with Gasteiger partial charge in [-0.1, -0.05) is 12.1 Å². The standard InChI is InChI=1S/C25H31F3N4O/c1-15-3-6-19(22(16(15)2)25(26,27)28)18-7-11-32(12-8-18)24(33)23-20-14-31(13-17-4-5-17)10-9-21(20)29-30-23/h3,6,17-18H,4-5,7-14H2,1-2H3,(H,29,30). The molecule has 2 fully saturated rings. The van der Waals surface area contributed by atoms with Gasteiger partial charge >= 0.3 is 6.18 Å². The number of aryl methyl sites for hydroxylation is 1. The lowest BCUT2D eigenvalue weighted by molar-refractivity contribution is -0.139. The van der Waals surface area contributed by atoms with E-state index in [0.29, 0.717) is 48.3 Å². The summed E-state index contributed by atoms with van der Waals surface area (Å²) >= 11 is 0. The molecule has 1 aliphatic carbocycles. The second kappa shape index (κ2) is 8.46. The first-order valence-corrected chi connectivity index (χ1v) is 12.0. The first-order chi connectivity index (χ1) is 15.7. The second-order valence-electron chi connectivity index (χ2n) is 9.99. The number of nitrogens with one attached hydrogen (secondary N) is 1. The Balaban J connectivity index is 1.29. The van der Waals surface area contributed by atoms with Gasteiger partial charge in [-0.25, -0.2) is 0 Å². The van der Waals surface area contributed by atoms with Crippen molar-refractivity contribution in [2.45, 2.75) is 64.6 Å². The number of hydrogen-bond acceptors (Lipinski definition) is 3. The highest BCUT2D eigenvalue weighted by Crippen LogP contribution is 2.41. The average Bonchev–Trinajstić information content (AvgIpc) is 3.50. The summed E-state index contributed by atoms with van der Waals surface area (Å²) in [4.78, 5) is 17.5. The summed E-state index contributed by atoms with van der Waals surface area (Å²) in [5.74, 6) is 0.492. The van der Waals surface area contributed by atoms with Crippen molar-refractivity contribution in [2.75, 3.05) is 26.2 Å². The quantitative estimate of drug-likeness (QED) is 0.711. The second-order valence-corrected chi connectivity index (χ2v) is 9.99. The van der Waals surface area contributed by atoms with Crippen LogP contribution >= 0.6 is 0 Å². The molecule has 178 valence electrons. The summed E-state index contributed by atoms with van der Waals surface area (Å²) < 4.78 is 41.5. The van der Waals surface area contributed by atoms with Crippen LogP contribution in [0.1, 0.15) is 75.6 Å². The zero-order chi connectivity index (χ0) is 23.3. The number of halogens is 3. The fourth-order valence-electron chi connectivity index (χ4n) is 5.45. The van der Waals surface area contributed by atoms with Crippen LogP contribution < -0.4 is 0 Å². The van der Waals surface area contributed by atoms with Crippen molar-refractivity contribution in [1.82, 2.24) is 20.0 Å². The number of aromatic amines is 1. The van der Waals surface area contributed by atoms with Crippen LogP contribution in [0.4, 0.5) is 13.2 Å². The Morgan fingerprint density at radius 3 is 2.52 bits per heavy atom. The molecule has 0 spiro atoms. The molecule has 1 saturated carbocycles. The number of aromatic nitrogens is 2. The van der Waals surface area contributed by atoms with Crippen molar-refractivity contribution in [3.05, 3.63) is 51.3 Å². The number of H-pyrrole nitrogens is 1. The zero-order valence-electron chi connectivity index (χ0n) is 19.3. The van der Waals surface area contributed by atoms with E-state index < -0.39 is 11.7 Å². The lowest BCUT2D eigenvalue weighted by Gasteiger charge is -2.34. The number of likely N-dealkylation sites (tertiary alicyclic amines) is 1. The summed E-state index contributed by atoms with van der Waals surface area (Å²) in [7, 11) is 0. The molecular weight excluding hydrogens is 429 g/mol. The Bertz CT molecular complexity index is 1050. The Morgan fingerprint density at radius 1 is 1.12 bits per heavy atom. The molecule has 1 aromatic carbocycles. The molecule has 33 heavy (non-hydrogen) atoms. The molecule has 3 aliphatic rings. The molecule has 1 aromatic heterocycles. The van der Waals surface area contributed by atoms with Gasteiger partial charge in [-0.3, -0.25) is 14.8 Å². The van der Waals surface area contributed by atoms with E-state index in [0.717, 1.165) is 43.2 Å². The van der Waals surface area contributed by atoms with Crippen LogP contribution in [-0.4, -0.2) is 52.1 Å². The predicted molar refractivity (Wildman–Crippen MR) is 119 cm³/mol. The number of fused-ring (bicyclic) bond motifs is 1. The van der Waals surface area contributed by atoms with Gasteiger partial charge in [-0.05, 0) is 68.1 Å². The largest absolute Gasteiger partial charge is 0.416 e. The molecule has 5 rings (SSSR count). The van der Waals surface area contributed by atoms with Crippen LogP contribution in [-0.2, 0) is 19.1 Å². The van der Waals surface area contributed by atoms with Crippen LogP contribution in [0.15, 0.2) is 12.1 Å². The van der Waals surface area contributed by atoms with Gasteiger partial charge in [-0.15, -0.1) is 0 Å². The van der Waals surface area contributed by atoms with Gasteiger partial charge in [0.2, 0.25) is 0 Å². The van der Waals surface area contributed by atoms with Gasteiger partial charge in [0.15, 0.2) is 5.69 Å². The number of carbonyl (C=O) groups is 1. The zero-order valence-corrected chi connectivity index (χ0v) is 19.3. The Morgan fingerprint density at radius 2 is 1.85 bits per heavy atom. The predicted octanol–water partition coefficient (Wildman–Crippen LogP) is 4.83. The minimum Gasteiger partial charge on any atom is -0.337 e. The molecule has 0 atom stereocenters. The highest BCUT2D eigenvalue weighted by Gasteiger charge is 2.39. The Labute approximate surface area is 192 Å². The molecule has 8 heteroatoms. The lowest BCUT2D eigenvalue weighted by atomic mass is 9.83. The number of alkyl halides is 3. The molecule has 2 aromatic rings. The average molecular weight is 461 g/mol. The van der Waals surface area contributed by atoms with E-state index in [1.807, 2.05) is 0 Å². The molecule has 0 bridgehead atoms. The first kappa shape index (κ1) is 22.4. The topological polar surface area (TPSA) is 52.2 Å². The maximum Gasteiger partial charge on any atom is 0.416 e. The summed E-state index contributed by atoms with van der Waals surface area (Å²) in [5, 5.41) is 7.41. The van der Waals surface area contributed by atoms with E-state index >= 15 is 0 Å². The minimum atomic E-state index is -4.38. The van der Waals surface area contributed by atoms with Crippen LogP contribution in [0.5, 0.6) is 0 Å². The van der Waals surface area contributed by atoms with Crippen molar-refractivity contribution >= 4 is 5.91 Å². The molecule has 2 aliphatic heterocycles. The van der Waals surface area contributed by atoms with Crippen LogP contribution in [0, 0.1) is 19.8 Å². The van der Waals surface area contributed by atoms with Gasteiger partial charge in [-0.2, -0.15) is 18.3 Å². The monoisotopic (exact) mass is 460 g/mol. The van der Waals surface area contributed by atoms with Crippen LogP contribution in [0.2, 0.25) is 0 Å². The molecule has 1 saturated heterocycles. The Hall–Kier alpha value is -2.35. The van der Waals surface area contributed by atoms with Crippen molar-refractivity contribution in [1.29, 1.82) is 0 Å². The summed E-state index contributed by atoms with van der Waals surface area (Å²) in [6.45, 7) is 6.97. The van der Waals surface area contributed by atoms with E-state index in [-0.39, 0.29) is 11.8 Å². The minimum absolute atomic E-state index is 0.102. The van der Waals surface area contributed by atoms with Gasteiger partial charge in [0.05, 0.1) is 5.56 Å². The molecule has 1 N–H and O–H groups in total. The van der Waals surface area contributed by atoms with Gasteiger partial charge in [0.1, 0.15) is 0 Å². The molecule has 3 heterocycles. The van der Waals surface area contributed by atoms with E-state index in [9.17, 15) is 18.0 Å². The van der Waals surface area contributed by atoms with Crippen molar-refractivity contribution in [2.24, 2.45) is 5.92 Å². The molecular formula is C25H31F3N4O. The third-order valence-electron chi connectivity index (χ3n) is 7.70. The number of nitrogens with zero attached hydrogens (tertiary/aromatic N) is 3. The maximum atomic E-state index is 13.8.